The van der Waals surface area contributed by atoms with E-state index in [0.717, 1.165) is 44.6 Å². The summed E-state index contributed by atoms with van der Waals surface area (Å²) in [6, 6.07) is 25.0. The van der Waals surface area contributed by atoms with Crippen molar-refractivity contribution in [3.05, 3.63) is 95.1 Å². The number of esters is 1. The number of hydrogen-bond donors (Lipinski definition) is 0. The Morgan fingerprint density at radius 2 is 1.52 bits per heavy atom. The fraction of sp³-hybridized carbons (Fsp3) is 0.385. The highest BCUT2D eigenvalue weighted by atomic mass is 16.5. The molecule has 0 amide bonds. The number of benzene rings is 4. The first-order valence-electron chi connectivity index (χ1n) is 15.6. The van der Waals surface area contributed by atoms with Gasteiger partial charge in [-0.25, -0.2) is 0 Å². The number of nitrogens with zero attached hydrogens (tertiary/aromatic N) is 2. The van der Waals surface area contributed by atoms with E-state index in [-0.39, 0.29) is 23.2 Å². The molecule has 5 nitrogen and oxygen atoms in total. The molecule has 2 aliphatic heterocycles. The van der Waals surface area contributed by atoms with Crippen LogP contribution in [0.15, 0.2) is 77.8 Å². The highest BCUT2D eigenvalue weighted by molar-refractivity contribution is 6.00. The smallest absolute Gasteiger partial charge is 0.313 e. The number of ether oxygens (including phenoxy) is 2. The normalized spacial score (nSPS) is 18.7. The van der Waals surface area contributed by atoms with Gasteiger partial charge in [-0.2, -0.15) is 0 Å². The Morgan fingerprint density at radius 3 is 2.20 bits per heavy atom. The molecule has 0 bridgehead atoms. The van der Waals surface area contributed by atoms with Gasteiger partial charge in [0.25, 0.3) is 0 Å². The molecule has 1 unspecified atom stereocenters. The zero-order chi connectivity index (χ0) is 31.7. The summed E-state index contributed by atoms with van der Waals surface area (Å²) in [5, 5.41) is 2.18. The van der Waals surface area contributed by atoms with Crippen molar-refractivity contribution in [3.63, 3.8) is 0 Å². The van der Waals surface area contributed by atoms with Gasteiger partial charge in [0.2, 0.25) is 5.72 Å². The first-order valence-corrected chi connectivity index (χ1v) is 15.6. The minimum absolute atomic E-state index is 0.187. The number of fused-ring (bicyclic) bond motifs is 4. The van der Waals surface area contributed by atoms with Gasteiger partial charge < -0.3 is 14.4 Å². The first-order chi connectivity index (χ1) is 20.6. The van der Waals surface area contributed by atoms with Crippen LogP contribution in [0.4, 0.5) is 11.4 Å². The van der Waals surface area contributed by atoms with Crippen LogP contribution in [0.1, 0.15) is 84.1 Å². The molecular formula is C39H44N2O3. The fourth-order valence-electron chi connectivity index (χ4n) is 6.81. The number of hydrogen-bond acceptors (Lipinski definition) is 5. The summed E-state index contributed by atoms with van der Waals surface area (Å²) in [5.41, 5.74) is 4.57. The molecule has 1 spiro atoms. The van der Waals surface area contributed by atoms with E-state index in [9.17, 15) is 4.79 Å². The van der Waals surface area contributed by atoms with Crippen molar-refractivity contribution in [2.45, 2.75) is 90.7 Å². The third-order valence-corrected chi connectivity index (χ3v) is 9.27. The van der Waals surface area contributed by atoms with Gasteiger partial charge in [-0.15, -0.1) is 0 Å². The third-order valence-electron chi connectivity index (χ3n) is 9.27. The van der Waals surface area contributed by atoms with Gasteiger partial charge >= 0.3 is 5.97 Å². The Hall–Kier alpha value is -4.12. The second-order valence-electron chi connectivity index (χ2n) is 14.9. The maximum absolute atomic E-state index is 13.8. The maximum atomic E-state index is 13.8. The molecule has 0 aliphatic carbocycles. The largest absolute Gasteiger partial charge is 0.459 e. The summed E-state index contributed by atoms with van der Waals surface area (Å²) in [4.78, 5) is 21.0. The number of rotatable bonds is 4. The van der Waals surface area contributed by atoms with Crippen LogP contribution in [0, 0.1) is 6.92 Å². The average Bonchev–Trinajstić information content (AvgIpc) is 3.13. The molecular weight excluding hydrogens is 544 g/mol. The second kappa shape index (κ2) is 10.2. The maximum Gasteiger partial charge on any atom is 0.313 e. The SMILES string of the molecule is Cc1cc(C(C)(C)C)c(OC(=O)CCN2c3ccccc3C(C)(C)C23C=Nc2c(ccc4ccccc24)O3)c(C(C)(C)C)c1. The summed E-state index contributed by atoms with van der Waals surface area (Å²) in [5.74, 6) is 1.17. The lowest BCUT2D eigenvalue weighted by Gasteiger charge is -2.46. The van der Waals surface area contributed by atoms with Gasteiger partial charge in [-0.1, -0.05) is 108 Å². The molecule has 0 fully saturated rings. The highest BCUT2D eigenvalue weighted by Crippen LogP contribution is 2.55. The molecule has 4 aromatic rings. The van der Waals surface area contributed by atoms with Crippen molar-refractivity contribution in [3.8, 4) is 11.5 Å². The lowest BCUT2D eigenvalue weighted by Crippen LogP contribution is -2.62. The van der Waals surface area contributed by atoms with Gasteiger partial charge in [0.1, 0.15) is 17.2 Å². The van der Waals surface area contributed by atoms with E-state index in [4.69, 9.17) is 14.5 Å². The van der Waals surface area contributed by atoms with Gasteiger partial charge in [-0.05, 0) is 54.7 Å². The van der Waals surface area contributed by atoms with Crippen LogP contribution >= 0.6 is 0 Å². The Morgan fingerprint density at radius 1 is 0.886 bits per heavy atom. The van der Waals surface area contributed by atoms with Crippen LogP contribution in [0.2, 0.25) is 0 Å². The van der Waals surface area contributed by atoms with Gasteiger partial charge in [-0.3, -0.25) is 9.79 Å². The zero-order valence-electron chi connectivity index (χ0n) is 27.5. The van der Waals surface area contributed by atoms with E-state index in [1.54, 1.807) is 0 Å². The summed E-state index contributed by atoms with van der Waals surface area (Å²) in [6.45, 7) is 19.9. The van der Waals surface area contributed by atoms with E-state index in [1.807, 2.05) is 30.5 Å². The molecule has 228 valence electrons. The summed E-state index contributed by atoms with van der Waals surface area (Å²) < 4.78 is 13.3. The van der Waals surface area contributed by atoms with E-state index < -0.39 is 11.1 Å². The van der Waals surface area contributed by atoms with Crippen LogP contribution in [0.5, 0.6) is 11.5 Å². The minimum Gasteiger partial charge on any atom is -0.459 e. The summed E-state index contributed by atoms with van der Waals surface area (Å²) >= 11 is 0. The molecule has 6 rings (SSSR count). The van der Waals surface area contributed by atoms with Crippen molar-refractivity contribution in [2.75, 3.05) is 11.4 Å². The van der Waals surface area contributed by atoms with Crippen molar-refractivity contribution in [1.82, 2.24) is 0 Å². The minimum atomic E-state index is -0.913. The van der Waals surface area contributed by atoms with Gasteiger partial charge in [0.15, 0.2) is 0 Å². The van der Waals surface area contributed by atoms with Crippen molar-refractivity contribution in [2.24, 2.45) is 4.99 Å². The van der Waals surface area contributed by atoms with E-state index >= 15 is 0 Å². The van der Waals surface area contributed by atoms with Crippen molar-refractivity contribution in [1.29, 1.82) is 0 Å². The second-order valence-corrected chi connectivity index (χ2v) is 14.9. The lowest BCUT2D eigenvalue weighted by atomic mass is 9.77. The van der Waals surface area contributed by atoms with Crippen molar-refractivity contribution >= 4 is 34.3 Å². The molecule has 44 heavy (non-hydrogen) atoms. The molecule has 5 heteroatoms. The Balaban J connectivity index is 1.36. The lowest BCUT2D eigenvalue weighted by molar-refractivity contribution is -0.134. The van der Waals surface area contributed by atoms with Crippen LogP contribution in [0.25, 0.3) is 10.8 Å². The number of aliphatic imine (C=N–C) groups is 1. The number of carbonyl (C=O) groups is 1. The number of carbonyl (C=O) groups excluding carboxylic acids is 1. The topological polar surface area (TPSA) is 51.1 Å². The Kier molecular flexibility index (Phi) is 6.95. The molecule has 0 aromatic heterocycles. The standard InChI is InChI=1S/C39H44N2O3/c1-25-22-29(36(2,3)4)35(30(23-25)37(5,6)7)43-33(42)20-21-41-31-17-13-12-16-28(31)38(8,9)39(41)24-40-34-27-15-11-10-14-26(27)18-19-32(34)44-39/h10-19,22-24H,20-21H2,1-9H3. The first kappa shape index (κ1) is 29.9. The molecule has 2 heterocycles. The third kappa shape index (κ3) is 4.77. The molecule has 1 atom stereocenters. The van der Waals surface area contributed by atoms with Crippen LogP contribution < -0.4 is 14.4 Å². The number of aryl methyl sites for hydroxylation is 1. The van der Waals surface area contributed by atoms with E-state index in [2.05, 4.69) is 116 Å². The molecule has 0 saturated carbocycles. The monoisotopic (exact) mass is 588 g/mol. The molecule has 2 aliphatic rings. The quantitative estimate of drug-likeness (QED) is 0.176. The average molecular weight is 589 g/mol. The van der Waals surface area contributed by atoms with Gasteiger partial charge in [0, 0.05) is 28.7 Å². The predicted molar refractivity (Wildman–Crippen MR) is 181 cm³/mol. The number of anilines is 1. The van der Waals surface area contributed by atoms with Gasteiger partial charge in [0.05, 0.1) is 18.1 Å². The van der Waals surface area contributed by atoms with Crippen LogP contribution in [-0.2, 0) is 21.0 Å². The molecule has 0 saturated heterocycles. The fourth-order valence-corrected chi connectivity index (χ4v) is 6.81. The van der Waals surface area contributed by atoms with E-state index in [0.29, 0.717) is 12.3 Å². The number of para-hydroxylation sites is 1. The summed E-state index contributed by atoms with van der Waals surface area (Å²) in [7, 11) is 0. The highest BCUT2D eigenvalue weighted by Gasteiger charge is 2.59. The van der Waals surface area contributed by atoms with E-state index in [1.165, 1.54) is 5.56 Å². The zero-order valence-corrected chi connectivity index (χ0v) is 27.5. The Labute approximate surface area is 261 Å². The Bertz CT molecular complexity index is 1770. The van der Waals surface area contributed by atoms with Crippen LogP contribution in [0.3, 0.4) is 0 Å². The molecule has 4 aromatic carbocycles. The molecule has 0 radical (unpaired) electrons. The van der Waals surface area contributed by atoms with Crippen molar-refractivity contribution < 1.29 is 14.3 Å². The summed E-state index contributed by atoms with van der Waals surface area (Å²) in [6.07, 6.45) is 2.14. The van der Waals surface area contributed by atoms with Crippen LogP contribution in [-0.4, -0.2) is 24.5 Å². The predicted octanol–water partition coefficient (Wildman–Crippen LogP) is 9.33. The molecule has 0 N–H and O–H groups in total.